The first-order valence-corrected chi connectivity index (χ1v) is 7.08. The number of thioether (sulfide) groups is 1. The smallest absolute Gasteiger partial charge is 0.336 e. The van der Waals surface area contributed by atoms with Gasteiger partial charge in [0.15, 0.2) is 0 Å². The van der Waals surface area contributed by atoms with E-state index in [0.717, 1.165) is 0 Å². The van der Waals surface area contributed by atoms with Crippen molar-refractivity contribution >= 4 is 23.6 Å². The second-order valence-electron chi connectivity index (χ2n) is 4.46. The number of hydrogen-bond acceptors (Lipinski definition) is 4. The Bertz CT molecular complexity index is 473. The number of carboxylic acids is 1. The van der Waals surface area contributed by atoms with Crippen molar-refractivity contribution in [2.75, 3.05) is 18.6 Å². The van der Waals surface area contributed by atoms with Crippen molar-refractivity contribution in [2.24, 2.45) is 0 Å². The third kappa shape index (κ3) is 4.57. The number of rotatable bonds is 6. The van der Waals surface area contributed by atoms with E-state index in [4.69, 9.17) is 5.11 Å². The summed E-state index contributed by atoms with van der Waals surface area (Å²) in [6, 6.07) is 5.98. The van der Waals surface area contributed by atoms with Crippen LogP contribution in [0.25, 0.3) is 0 Å². The van der Waals surface area contributed by atoms with Gasteiger partial charge in [0.05, 0.1) is 16.7 Å². The van der Waals surface area contributed by atoms with Gasteiger partial charge in [0.2, 0.25) is 0 Å². The van der Waals surface area contributed by atoms with Crippen LogP contribution < -0.4 is 5.32 Å². The number of amides is 1. The molecule has 19 heavy (non-hydrogen) atoms. The predicted molar refractivity (Wildman–Crippen MR) is 74.7 cm³/mol. The molecule has 0 saturated carbocycles. The van der Waals surface area contributed by atoms with E-state index in [0.29, 0.717) is 5.75 Å². The van der Waals surface area contributed by atoms with E-state index in [2.05, 4.69) is 5.32 Å². The molecule has 1 aromatic carbocycles. The van der Waals surface area contributed by atoms with Gasteiger partial charge in [-0.3, -0.25) is 4.79 Å². The van der Waals surface area contributed by atoms with Gasteiger partial charge in [-0.05, 0) is 25.3 Å². The van der Waals surface area contributed by atoms with E-state index in [9.17, 15) is 14.7 Å². The summed E-state index contributed by atoms with van der Waals surface area (Å²) in [5, 5.41) is 21.5. The van der Waals surface area contributed by atoms with Gasteiger partial charge in [0.25, 0.3) is 5.91 Å². The summed E-state index contributed by atoms with van der Waals surface area (Å²) < 4.78 is 0. The number of carboxylic acid groups (broad SMARTS) is 1. The molecule has 5 nitrogen and oxygen atoms in total. The van der Waals surface area contributed by atoms with E-state index in [1.807, 2.05) is 6.26 Å². The average molecular weight is 283 g/mol. The molecule has 0 aliphatic carbocycles. The molecule has 0 aliphatic heterocycles. The molecule has 0 aliphatic rings. The third-order valence-corrected chi connectivity index (χ3v) is 3.40. The van der Waals surface area contributed by atoms with E-state index in [1.54, 1.807) is 19.1 Å². The molecule has 0 bridgehead atoms. The maximum Gasteiger partial charge on any atom is 0.336 e. The zero-order valence-corrected chi connectivity index (χ0v) is 11.7. The molecule has 1 atom stereocenters. The van der Waals surface area contributed by atoms with Crippen LogP contribution in [-0.4, -0.2) is 46.2 Å². The van der Waals surface area contributed by atoms with Crippen LogP contribution in [0.5, 0.6) is 0 Å². The highest BCUT2D eigenvalue weighted by molar-refractivity contribution is 7.98. The molecule has 3 N–H and O–H groups in total. The average Bonchev–Trinajstić information content (AvgIpc) is 2.36. The molecule has 0 saturated heterocycles. The van der Waals surface area contributed by atoms with Gasteiger partial charge in [-0.2, -0.15) is 11.8 Å². The molecule has 6 heteroatoms. The van der Waals surface area contributed by atoms with E-state index in [-0.39, 0.29) is 17.7 Å². The van der Waals surface area contributed by atoms with Gasteiger partial charge in [-0.1, -0.05) is 12.1 Å². The van der Waals surface area contributed by atoms with Crippen molar-refractivity contribution in [2.45, 2.75) is 12.5 Å². The Hall–Kier alpha value is -1.53. The highest BCUT2D eigenvalue weighted by Crippen LogP contribution is 2.11. The van der Waals surface area contributed by atoms with Gasteiger partial charge >= 0.3 is 5.97 Å². The van der Waals surface area contributed by atoms with Gasteiger partial charge < -0.3 is 15.5 Å². The monoisotopic (exact) mass is 283 g/mol. The summed E-state index contributed by atoms with van der Waals surface area (Å²) in [5.41, 5.74) is -0.979. The first-order chi connectivity index (χ1) is 8.87. The van der Waals surface area contributed by atoms with Crippen LogP contribution in [0.4, 0.5) is 0 Å². The zero-order valence-electron chi connectivity index (χ0n) is 10.8. The lowest BCUT2D eigenvalue weighted by atomic mass is 10.1. The quantitative estimate of drug-likeness (QED) is 0.731. The van der Waals surface area contributed by atoms with E-state index in [1.165, 1.54) is 23.9 Å². The number of aromatic carboxylic acids is 1. The lowest BCUT2D eigenvalue weighted by molar-refractivity contribution is 0.0682. The van der Waals surface area contributed by atoms with Crippen LogP contribution in [0, 0.1) is 0 Å². The first kappa shape index (κ1) is 15.5. The van der Waals surface area contributed by atoms with Crippen LogP contribution in [0.3, 0.4) is 0 Å². The molecular weight excluding hydrogens is 266 g/mol. The summed E-state index contributed by atoms with van der Waals surface area (Å²) in [7, 11) is 0. The molecule has 1 unspecified atom stereocenters. The van der Waals surface area contributed by atoms with Gasteiger partial charge in [0.1, 0.15) is 0 Å². The fourth-order valence-corrected chi connectivity index (χ4v) is 2.32. The summed E-state index contributed by atoms with van der Waals surface area (Å²) in [5.74, 6) is -1.17. The van der Waals surface area contributed by atoms with Gasteiger partial charge in [0, 0.05) is 12.3 Å². The molecule has 0 radical (unpaired) electrons. The molecule has 0 aromatic heterocycles. The van der Waals surface area contributed by atoms with Crippen molar-refractivity contribution in [3.63, 3.8) is 0 Å². The van der Waals surface area contributed by atoms with Crippen molar-refractivity contribution < 1.29 is 19.8 Å². The number of nitrogens with one attached hydrogen (secondary N) is 1. The second-order valence-corrected chi connectivity index (χ2v) is 5.33. The Morgan fingerprint density at radius 1 is 1.32 bits per heavy atom. The molecule has 1 amide bonds. The zero-order chi connectivity index (χ0) is 14.5. The second kappa shape index (κ2) is 6.58. The molecule has 1 rings (SSSR count). The summed E-state index contributed by atoms with van der Waals surface area (Å²) >= 11 is 1.47. The van der Waals surface area contributed by atoms with Gasteiger partial charge in [-0.25, -0.2) is 4.79 Å². The maximum atomic E-state index is 11.9. The summed E-state index contributed by atoms with van der Waals surface area (Å²) in [6.45, 7) is 1.69. The Kier molecular flexibility index (Phi) is 5.38. The van der Waals surface area contributed by atoms with Crippen LogP contribution >= 0.6 is 11.8 Å². The van der Waals surface area contributed by atoms with Crippen LogP contribution in [-0.2, 0) is 0 Å². The number of aliphatic hydroxyl groups is 1. The topological polar surface area (TPSA) is 86.6 Å². The third-order valence-electron chi connectivity index (χ3n) is 2.49. The minimum absolute atomic E-state index is 0.0514. The number of benzene rings is 1. The Morgan fingerprint density at radius 2 is 1.89 bits per heavy atom. The largest absolute Gasteiger partial charge is 0.478 e. The van der Waals surface area contributed by atoms with E-state index < -0.39 is 17.5 Å². The molecule has 104 valence electrons. The minimum Gasteiger partial charge on any atom is -0.478 e. The number of carbonyl (C=O) groups excluding carboxylic acids is 1. The summed E-state index contributed by atoms with van der Waals surface area (Å²) in [6.07, 6.45) is 1.86. The number of hydrogen-bond donors (Lipinski definition) is 3. The van der Waals surface area contributed by atoms with Crippen LogP contribution in [0.15, 0.2) is 24.3 Å². The highest BCUT2D eigenvalue weighted by atomic mass is 32.2. The fourth-order valence-electron chi connectivity index (χ4n) is 1.60. The highest BCUT2D eigenvalue weighted by Gasteiger charge is 2.22. The van der Waals surface area contributed by atoms with Crippen molar-refractivity contribution in [1.82, 2.24) is 5.32 Å². The normalized spacial score (nSPS) is 13.6. The van der Waals surface area contributed by atoms with Gasteiger partial charge in [-0.15, -0.1) is 0 Å². The van der Waals surface area contributed by atoms with Crippen LogP contribution in [0.1, 0.15) is 27.6 Å². The van der Waals surface area contributed by atoms with E-state index >= 15 is 0 Å². The lowest BCUT2D eigenvalue weighted by Crippen LogP contribution is -2.42. The Balaban J connectivity index is 2.77. The fraction of sp³-hybridized carbons (Fsp3) is 0.385. The molecule has 0 heterocycles. The molecule has 0 spiro atoms. The van der Waals surface area contributed by atoms with Crippen molar-refractivity contribution in [1.29, 1.82) is 0 Å². The van der Waals surface area contributed by atoms with Crippen LogP contribution in [0.2, 0.25) is 0 Å². The number of carbonyl (C=O) groups is 2. The maximum absolute atomic E-state index is 11.9. The lowest BCUT2D eigenvalue weighted by Gasteiger charge is -2.22. The molecule has 1 aromatic rings. The predicted octanol–water partition coefficient (Wildman–Crippen LogP) is 1.23. The van der Waals surface area contributed by atoms with Crippen molar-refractivity contribution in [3.05, 3.63) is 35.4 Å². The standard InChI is InChI=1S/C13H17NO4S/c1-13(18,8-19-2)7-14-11(15)9-5-3-4-6-10(9)12(16)17/h3-6,18H,7-8H2,1-2H3,(H,14,15)(H,16,17). The first-order valence-electron chi connectivity index (χ1n) is 5.69. The molecule has 0 fully saturated rings. The SMILES string of the molecule is CSCC(C)(O)CNC(=O)c1ccccc1C(=O)O. The van der Waals surface area contributed by atoms with Crippen molar-refractivity contribution in [3.8, 4) is 0 Å². The molecular formula is C13H17NO4S. The Morgan fingerprint density at radius 3 is 2.42 bits per heavy atom. The summed E-state index contributed by atoms with van der Waals surface area (Å²) in [4.78, 5) is 22.9. The Labute approximate surface area is 116 Å². The minimum atomic E-state index is -1.15.